The third-order valence-electron chi connectivity index (χ3n) is 1.97. The number of hydrogen-bond acceptors (Lipinski definition) is 3. The summed E-state index contributed by atoms with van der Waals surface area (Å²) in [6.07, 6.45) is 0.971. The highest BCUT2D eigenvalue weighted by Gasteiger charge is 2.00. The van der Waals surface area contributed by atoms with Gasteiger partial charge in [0.1, 0.15) is 0 Å². The number of nitrogens with zero attached hydrogens (tertiary/aromatic N) is 2. The van der Waals surface area contributed by atoms with Gasteiger partial charge in [-0.3, -0.25) is 0 Å². The first-order valence-electron chi connectivity index (χ1n) is 4.43. The first kappa shape index (κ1) is 9.86. The predicted molar refractivity (Wildman–Crippen MR) is 54.2 cm³/mol. The Balaban J connectivity index is 3.09. The van der Waals surface area contributed by atoms with Crippen molar-refractivity contribution in [3.8, 4) is 0 Å². The maximum atomic E-state index is 5.53. The summed E-state index contributed by atoms with van der Waals surface area (Å²) in [5, 5.41) is 7.83. The van der Waals surface area contributed by atoms with Gasteiger partial charge in [-0.1, -0.05) is 19.1 Å². The lowest BCUT2D eigenvalue weighted by molar-refractivity contribution is 1.04. The van der Waals surface area contributed by atoms with Crippen molar-refractivity contribution in [3.05, 3.63) is 29.3 Å². The molecule has 70 valence electrons. The Hall–Kier alpha value is -1.22. The van der Waals surface area contributed by atoms with Gasteiger partial charge in [-0.15, -0.1) is 0 Å². The van der Waals surface area contributed by atoms with Gasteiger partial charge in [0.05, 0.1) is 5.69 Å². The van der Waals surface area contributed by atoms with Crippen molar-refractivity contribution < 1.29 is 0 Å². The van der Waals surface area contributed by atoms with E-state index in [4.69, 9.17) is 5.73 Å². The molecule has 0 saturated heterocycles. The number of aryl methyl sites for hydroxylation is 1. The van der Waals surface area contributed by atoms with Crippen molar-refractivity contribution in [1.82, 2.24) is 0 Å². The van der Waals surface area contributed by atoms with Crippen molar-refractivity contribution in [2.45, 2.75) is 19.9 Å². The van der Waals surface area contributed by atoms with E-state index in [1.54, 1.807) is 7.05 Å². The highest BCUT2D eigenvalue weighted by molar-refractivity contribution is 5.48. The molecule has 0 radical (unpaired) electrons. The number of azo groups is 1. The summed E-state index contributed by atoms with van der Waals surface area (Å²) >= 11 is 0. The number of nitrogens with two attached hydrogens (primary N) is 1. The summed E-state index contributed by atoms with van der Waals surface area (Å²) in [7, 11) is 1.68. The van der Waals surface area contributed by atoms with Gasteiger partial charge >= 0.3 is 0 Å². The molecule has 0 spiro atoms. The van der Waals surface area contributed by atoms with Gasteiger partial charge < -0.3 is 5.73 Å². The van der Waals surface area contributed by atoms with Crippen LogP contribution in [0.15, 0.2) is 28.4 Å². The fourth-order valence-electron chi connectivity index (χ4n) is 1.24. The summed E-state index contributed by atoms with van der Waals surface area (Å²) in [6.45, 7) is 2.66. The summed E-state index contributed by atoms with van der Waals surface area (Å²) in [5.74, 6) is 0. The Kier molecular flexibility index (Phi) is 3.58. The summed E-state index contributed by atoms with van der Waals surface area (Å²) in [4.78, 5) is 0. The predicted octanol–water partition coefficient (Wildman–Crippen LogP) is 2.42. The van der Waals surface area contributed by atoms with Crippen LogP contribution in [0.1, 0.15) is 18.1 Å². The molecule has 1 rings (SSSR count). The largest absolute Gasteiger partial charge is 0.326 e. The van der Waals surface area contributed by atoms with Gasteiger partial charge in [-0.05, 0) is 23.6 Å². The molecular formula is C10H15N3. The van der Waals surface area contributed by atoms with E-state index in [-0.39, 0.29) is 0 Å². The molecule has 3 heteroatoms. The van der Waals surface area contributed by atoms with Crippen LogP contribution in [-0.4, -0.2) is 7.05 Å². The van der Waals surface area contributed by atoms with Crippen molar-refractivity contribution in [1.29, 1.82) is 0 Å². The molecule has 0 aromatic heterocycles. The summed E-state index contributed by atoms with van der Waals surface area (Å²) in [6, 6.07) is 6.09. The molecule has 0 atom stereocenters. The van der Waals surface area contributed by atoms with Gasteiger partial charge in [0.15, 0.2) is 0 Å². The average Bonchev–Trinajstić information content (AvgIpc) is 2.18. The van der Waals surface area contributed by atoms with Gasteiger partial charge in [-0.2, -0.15) is 10.2 Å². The minimum atomic E-state index is 0.552. The SMILES string of the molecule is CCc1ccc(CN)cc1N=NC. The summed E-state index contributed by atoms with van der Waals surface area (Å²) in [5.41, 5.74) is 8.78. The molecule has 0 amide bonds. The molecule has 0 aliphatic carbocycles. The highest BCUT2D eigenvalue weighted by atomic mass is 15.1. The van der Waals surface area contributed by atoms with Crippen LogP contribution in [0.3, 0.4) is 0 Å². The minimum Gasteiger partial charge on any atom is -0.326 e. The Morgan fingerprint density at radius 3 is 2.69 bits per heavy atom. The Morgan fingerprint density at radius 2 is 2.15 bits per heavy atom. The lowest BCUT2D eigenvalue weighted by Crippen LogP contribution is -1.96. The first-order valence-corrected chi connectivity index (χ1v) is 4.43. The van der Waals surface area contributed by atoms with Crippen LogP contribution in [0.2, 0.25) is 0 Å². The molecule has 2 N–H and O–H groups in total. The molecule has 13 heavy (non-hydrogen) atoms. The molecule has 0 saturated carbocycles. The van der Waals surface area contributed by atoms with Gasteiger partial charge in [0, 0.05) is 13.6 Å². The van der Waals surface area contributed by atoms with E-state index in [1.165, 1.54) is 5.56 Å². The molecule has 0 heterocycles. The molecule has 0 bridgehead atoms. The van der Waals surface area contributed by atoms with Crippen LogP contribution in [0.4, 0.5) is 5.69 Å². The molecule has 3 nitrogen and oxygen atoms in total. The van der Waals surface area contributed by atoms with E-state index >= 15 is 0 Å². The van der Waals surface area contributed by atoms with E-state index in [0.717, 1.165) is 17.7 Å². The lowest BCUT2D eigenvalue weighted by Gasteiger charge is -2.03. The zero-order valence-electron chi connectivity index (χ0n) is 8.12. The average molecular weight is 177 g/mol. The Bertz CT molecular complexity index is 305. The third-order valence-corrected chi connectivity index (χ3v) is 1.97. The molecule has 0 unspecified atom stereocenters. The maximum absolute atomic E-state index is 5.53. The standard InChI is InChI=1S/C10H15N3/c1-3-9-5-4-8(7-11)6-10(9)13-12-2/h4-6H,3,7,11H2,1-2H3. The van der Waals surface area contributed by atoms with Crippen LogP contribution in [0, 0.1) is 0 Å². The number of hydrogen-bond donors (Lipinski definition) is 1. The van der Waals surface area contributed by atoms with Gasteiger partial charge in [0.2, 0.25) is 0 Å². The highest BCUT2D eigenvalue weighted by Crippen LogP contribution is 2.21. The van der Waals surface area contributed by atoms with Crippen LogP contribution in [0.5, 0.6) is 0 Å². The maximum Gasteiger partial charge on any atom is 0.0887 e. The first-order chi connectivity index (χ1) is 6.31. The second kappa shape index (κ2) is 4.72. The van der Waals surface area contributed by atoms with Crippen molar-refractivity contribution >= 4 is 5.69 Å². The molecular weight excluding hydrogens is 162 g/mol. The number of benzene rings is 1. The smallest absolute Gasteiger partial charge is 0.0887 e. The molecule has 1 aromatic rings. The van der Waals surface area contributed by atoms with Crippen molar-refractivity contribution in [2.75, 3.05) is 7.05 Å². The van der Waals surface area contributed by atoms with E-state index < -0.39 is 0 Å². The second-order valence-corrected chi connectivity index (χ2v) is 2.82. The zero-order chi connectivity index (χ0) is 9.68. The summed E-state index contributed by atoms with van der Waals surface area (Å²) < 4.78 is 0. The van der Waals surface area contributed by atoms with Crippen LogP contribution in [0.25, 0.3) is 0 Å². The second-order valence-electron chi connectivity index (χ2n) is 2.82. The van der Waals surface area contributed by atoms with Gasteiger partial charge in [-0.25, -0.2) is 0 Å². The van der Waals surface area contributed by atoms with Gasteiger partial charge in [0.25, 0.3) is 0 Å². The molecule has 0 aliphatic heterocycles. The molecule has 0 fully saturated rings. The quantitative estimate of drug-likeness (QED) is 0.708. The van der Waals surface area contributed by atoms with Crippen LogP contribution in [-0.2, 0) is 13.0 Å². The topological polar surface area (TPSA) is 50.7 Å². The van der Waals surface area contributed by atoms with Crippen molar-refractivity contribution in [3.63, 3.8) is 0 Å². The van der Waals surface area contributed by atoms with E-state index in [2.05, 4.69) is 23.2 Å². The molecule has 1 aromatic carbocycles. The minimum absolute atomic E-state index is 0.552. The Labute approximate surface area is 78.7 Å². The lowest BCUT2D eigenvalue weighted by atomic mass is 10.1. The number of rotatable bonds is 3. The van der Waals surface area contributed by atoms with E-state index in [9.17, 15) is 0 Å². The fourth-order valence-corrected chi connectivity index (χ4v) is 1.24. The van der Waals surface area contributed by atoms with E-state index in [1.807, 2.05) is 12.1 Å². The zero-order valence-corrected chi connectivity index (χ0v) is 8.12. The van der Waals surface area contributed by atoms with E-state index in [0.29, 0.717) is 6.54 Å². The fraction of sp³-hybridized carbons (Fsp3) is 0.400. The Morgan fingerprint density at radius 1 is 1.38 bits per heavy atom. The normalized spacial score (nSPS) is 11.0. The van der Waals surface area contributed by atoms with Crippen LogP contribution < -0.4 is 5.73 Å². The third kappa shape index (κ3) is 2.36. The monoisotopic (exact) mass is 177 g/mol. The molecule has 0 aliphatic rings. The van der Waals surface area contributed by atoms with Crippen molar-refractivity contribution in [2.24, 2.45) is 16.0 Å². The van der Waals surface area contributed by atoms with Crippen LogP contribution >= 0.6 is 0 Å².